The largest absolute Gasteiger partial charge is 0.462 e. The molecule has 0 unspecified atom stereocenters. The van der Waals surface area contributed by atoms with Gasteiger partial charge in [-0.15, -0.1) is 0 Å². The van der Waals surface area contributed by atoms with Gasteiger partial charge >= 0.3 is 12.0 Å². The number of primary amides is 1. The van der Waals surface area contributed by atoms with Gasteiger partial charge in [0.15, 0.2) is 12.1 Å². The molecule has 3 rings (SSSR count). The van der Waals surface area contributed by atoms with Crippen LogP contribution < -0.4 is 16.8 Å². The maximum absolute atomic E-state index is 12.6. The maximum atomic E-state index is 12.6. The minimum Gasteiger partial charge on any atom is -0.462 e. The van der Waals surface area contributed by atoms with Crippen LogP contribution in [0.4, 0.5) is 4.79 Å². The molecule has 0 aromatic carbocycles. The molecule has 3 aliphatic heterocycles. The molecule has 2 saturated heterocycles. The lowest BCUT2D eigenvalue weighted by Crippen LogP contribution is -2.63. The summed E-state index contributed by atoms with van der Waals surface area (Å²) in [6, 6.07) is -3.34. The molecule has 0 saturated carbocycles. The number of fused-ring (bicyclic) bond motifs is 2. The molecular weight excluding hydrogens is 863 g/mol. The molecule has 19 heteroatoms. The fraction of sp³-hybridized carbons (Fsp3) is 0.660. The highest BCUT2D eigenvalue weighted by atomic mass is 16.7. The van der Waals surface area contributed by atoms with E-state index in [2.05, 4.69) is 5.32 Å². The van der Waals surface area contributed by atoms with E-state index < -0.39 is 147 Å². The van der Waals surface area contributed by atoms with Crippen molar-refractivity contribution in [3.05, 3.63) is 85.1 Å². The Balaban J connectivity index is 1.87. The highest BCUT2D eigenvalue weighted by molar-refractivity contribution is 5.72. The van der Waals surface area contributed by atoms with Gasteiger partial charge in [-0.1, -0.05) is 98.9 Å². The molecule has 3 aliphatic rings. The quantitative estimate of drug-likeness (QED) is 0.166. The SMILES string of the molecule is C[C@@H]1[C@H](O)[C@@H](C)/C=C/C=C/C=C/C=C/C=C/C=C/C=C/[C@H](O[C@@H]2O[C@H](C)[C@@H](O)[C@H](N)[C@@H]2O)C[C@@H]2O[C@](O)(C[C@@H](O)C[C@@H](O)[C@H](O)CC[C@@H](O)C[C@@H](O)CC(=O)O[C@H]1C)C[C@H](O)[C@H]2NC(N)=O. The van der Waals surface area contributed by atoms with Gasteiger partial charge in [0, 0.05) is 37.5 Å². The Morgan fingerprint density at radius 2 is 1.26 bits per heavy atom. The molecule has 2 bridgehead atoms. The lowest BCUT2D eigenvalue weighted by molar-refractivity contribution is -0.302. The molecule has 19 nitrogen and oxygen atoms in total. The number of nitrogens with two attached hydrogens (primary N) is 2. The first-order chi connectivity index (χ1) is 31.1. The van der Waals surface area contributed by atoms with Crippen LogP contribution in [-0.2, 0) is 23.7 Å². The normalized spacial score (nSPS) is 44.9. The minimum atomic E-state index is -2.25. The van der Waals surface area contributed by atoms with E-state index in [1.165, 1.54) is 0 Å². The van der Waals surface area contributed by atoms with Crippen LogP contribution >= 0.6 is 0 Å². The van der Waals surface area contributed by atoms with Crippen LogP contribution in [0.15, 0.2) is 85.1 Å². The predicted molar refractivity (Wildman–Crippen MR) is 242 cm³/mol. The summed E-state index contributed by atoms with van der Waals surface area (Å²) in [7, 11) is 0. The number of allylic oxidation sites excluding steroid dienone is 12. The summed E-state index contributed by atoms with van der Waals surface area (Å²) in [4.78, 5) is 24.7. The van der Waals surface area contributed by atoms with Gasteiger partial charge in [-0.05, 0) is 33.1 Å². The third kappa shape index (κ3) is 19.2. The van der Waals surface area contributed by atoms with E-state index in [0.29, 0.717) is 0 Å². The Morgan fingerprint density at radius 3 is 1.85 bits per heavy atom. The molecular formula is C47H75N3O16. The van der Waals surface area contributed by atoms with Crippen LogP contribution in [0.2, 0.25) is 0 Å². The summed E-state index contributed by atoms with van der Waals surface area (Å²) in [6.45, 7) is 6.78. The highest BCUT2D eigenvalue weighted by Crippen LogP contribution is 2.35. The van der Waals surface area contributed by atoms with Crippen molar-refractivity contribution in [1.29, 1.82) is 0 Å². The van der Waals surface area contributed by atoms with Crippen LogP contribution in [0.5, 0.6) is 0 Å². The molecule has 0 aromatic rings. The van der Waals surface area contributed by atoms with Gasteiger partial charge in [-0.3, -0.25) is 4.79 Å². The van der Waals surface area contributed by atoms with Gasteiger partial charge in [0.1, 0.15) is 12.2 Å². The van der Waals surface area contributed by atoms with Crippen molar-refractivity contribution >= 4 is 12.0 Å². The van der Waals surface area contributed by atoms with E-state index in [0.717, 1.165) is 0 Å². The molecule has 374 valence electrons. The summed E-state index contributed by atoms with van der Waals surface area (Å²) < 4.78 is 23.4. The van der Waals surface area contributed by atoms with Gasteiger partial charge in [-0.2, -0.15) is 0 Å². The van der Waals surface area contributed by atoms with E-state index in [-0.39, 0.29) is 31.6 Å². The average Bonchev–Trinajstić information content (AvgIpc) is 3.23. The smallest absolute Gasteiger partial charge is 0.312 e. The van der Waals surface area contributed by atoms with Crippen LogP contribution in [0.25, 0.3) is 0 Å². The van der Waals surface area contributed by atoms with Crippen molar-refractivity contribution in [2.24, 2.45) is 23.3 Å². The van der Waals surface area contributed by atoms with E-state index in [1.807, 2.05) is 37.3 Å². The van der Waals surface area contributed by atoms with E-state index >= 15 is 0 Å². The number of hydrogen-bond donors (Lipinski definition) is 13. The number of ether oxygens (including phenoxy) is 4. The number of carbonyl (C=O) groups is 2. The first-order valence-electron chi connectivity index (χ1n) is 22.6. The number of aliphatic hydroxyl groups excluding tert-OH is 9. The van der Waals surface area contributed by atoms with Crippen molar-refractivity contribution in [1.82, 2.24) is 5.32 Å². The summed E-state index contributed by atoms with van der Waals surface area (Å²) in [5.41, 5.74) is 11.5. The number of amides is 2. The monoisotopic (exact) mass is 938 g/mol. The molecule has 0 radical (unpaired) electrons. The summed E-state index contributed by atoms with van der Waals surface area (Å²) in [5, 5.41) is 111. The molecule has 2 amide bonds. The number of carbonyl (C=O) groups excluding carboxylic acids is 2. The van der Waals surface area contributed by atoms with Crippen LogP contribution in [0.3, 0.4) is 0 Å². The second kappa shape index (κ2) is 28.0. The molecule has 19 atom stereocenters. The van der Waals surface area contributed by atoms with Crippen molar-refractivity contribution in [2.75, 3.05) is 0 Å². The topological polar surface area (TPSA) is 337 Å². The first-order valence-corrected chi connectivity index (χ1v) is 22.6. The van der Waals surface area contributed by atoms with E-state index in [4.69, 9.17) is 30.4 Å². The lowest BCUT2D eigenvalue weighted by atomic mass is 9.87. The summed E-state index contributed by atoms with van der Waals surface area (Å²) in [5.74, 6) is -3.71. The number of cyclic esters (lactones) is 1. The minimum absolute atomic E-state index is 0.0955. The van der Waals surface area contributed by atoms with Gasteiger partial charge in [-0.25, -0.2) is 4.79 Å². The van der Waals surface area contributed by atoms with Crippen molar-refractivity contribution in [3.63, 3.8) is 0 Å². The Kier molecular flexibility index (Phi) is 24.0. The zero-order chi connectivity index (χ0) is 49.1. The van der Waals surface area contributed by atoms with Crippen LogP contribution in [0, 0.1) is 11.8 Å². The molecule has 15 N–H and O–H groups in total. The van der Waals surface area contributed by atoms with Gasteiger partial charge in [0.25, 0.3) is 0 Å². The fourth-order valence-electron chi connectivity index (χ4n) is 8.00. The third-order valence-electron chi connectivity index (χ3n) is 12.0. The second-order valence-electron chi connectivity index (χ2n) is 17.7. The second-order valence-corrected chi connectivity index (χ2v) is 17.7. The Bertz CT molecular complexity index is 1690. The third-order valence-corrected chi connectivity index (χ3v) is 12.0. The Hall–Kier alpha value is -3.64. The molecule has 3 heterocycles. The summed E-state index contributed by atoms with van der Waals surface area (Å²) in [6.07, 6.45) is 4.75. The number of esters is 1. The lowest BCUT2D eigenvalue weighted by Gasteiger charge is -2.46. The molecule has 2 fully saturated rings. The first kappa shape index (κ1) is 56.7. The van der Waals surface area contributed by atoms with Crippen LogP contribution in [0.1, 0.15) is 79.1 Å². The molecule has 0 aliphatic carbocycles. The number of aliphatic hydroxyl groups is 10. The van der Waals surface area contributed by atoms with Gasteiger partial charge in [0.05, 0.1) is 85.6 Å². The summed E-state index contributed by atoms with van der Waals surface area (Å²) >= 11 is 0. The maximum Gasteiger partial charge on any atom is 0.312 e. The Labute approximate surface area is 387 Å². The van der Waals surface area contributed by atoms with Crippen molar-refractivity contribution in [3.8, 4) is 0 Å². The molecule has 0 aromatic heterocycles. The number of hydrogen-bond acceptors (Lipinski definition) is 17. The van der Waals surface area contributed by atoms with Gasteiger partial charge in [0.2, 0.25) is 0 Å². The predicted octanol–water partition coefficient (Wildman–Crippen LogP) is 0.0478. The highest BCUT2D eigenvalue weighted by Gasteiger charge is 2.49. The van der Waals surface area contributed by atoms with Crippen LogP contribution in [-0.4, -0.2) is 167 Å². The van der Waals surface area contributed by atoms with Crippen molar-refractivity contribution < 1.29 is 79.6 Å². The van der Waals surface area contributed by atoms with Crippen molar-refractivity contribution in [2.45, 2.75) is 183 Å². The van der Waals surface area contributed by atoms with Gasteiger partial charge < -0.3 is 86.8 Å². The molecule has 66 heavy (non-hydrogen) atoms. The standard InChI is InChI=1S/C47H75N3O16/c1-27-17-15-13-11-9-7-5-6-8-10-12-14-16-18-34(65-45-44(60)40(48)43(59)30(4)64-45)24-38-41(50-46(49)61)37(56)26-47(62,66-38)25-33(53)22-36(55)35(54)20-19-31(51)21-32(52)23-39(57)63-29(3)28(2)42(27)58/h5-18,27-38,40-45,51-56,58-60,62H,19-26,48H2,1-4H3,(H3,49,50,61)/b6-5+,9-7+,10-8+,13-11+,14-12+,17-15+,18-16+/t27-,28-,29-,30+,31+,32+,33-,34-,35+,36+,37-,38-,40-,41+,42+,43+,44-,45-,47+/m0/s1. The number of urea groups is 1. The zero-order valence-corrected chi connectivity index (χ0v) is 38.2. The average molecular weight is 938 g/mol. The molecule has 0 spiro atoms. The van der Waals surface area contributed by atoms with E-state index in [1.54, 1.807) is 75.5 Å². The Morgan fingerprint density at radius 1 is 0.682 bits per heavy atom. The number of nitrogens with one attached hydrogen (secondary N) is 1. The zero-order valence-electron chi connectivity index (χ0n) is 38.2. The van der Waals surface area contributed by atoms with E-state index in [9.17, 15) is 60.7 Å². The number of rotatable bonds is 3. The fourth-order valence-corrected chi connectivity index (χ4v) is 8.00.